The van der Waals surface area contributed by atoms with E-state index in [0.717, 1.165) is 205 Å². The third-order valence-corrected chi connectivity index (χ3v) is 19.4. The summed E-state index contributed by atoms with van der Waals surface area (Å²) in [6.07, 6.45) is 94.7. The summed E-state index contributed by atoms with van der Waals surface area (Å²) in [5, 5.41) is 24.9. The van der Waals surface area contributed by atoms with E-state index in [-0.39, 0.29) is 44.9 Å². The molecule has 113 heavy (non-hydrogen) atoms. The van der Waals surface area contributed by atoms with Crippen LogP contribution in [0.15, 0.2) is 118 Å². The van der Waals surface area contributed by atoms with Gasteiger partial charge in [-0.3, -0.25) is 33.6 Å². The second-order valence-corrected chi connectivity index (χ2v) is 30.1. The van der Waals surface area contributed by atoms with Crippen LogP contribution in [-0.4, -0.2) is 96.9 Å². The van der Waals surface area contributed by atoms with Crippen molar-refractivity contribution in [3.63, 3.8) is 0 Å². The molecule has 0 saturated heterocycles. The molecule has 642 valence electrons. The van der Waals surface area contributed by atoms with E-state index in [1.807, 2.05) is 0 Å². The van der Waals surface area contributed by atoms with Crippen molar-refractivity contribution in [1.82, 2.24) is 37.7 Å². The van der Waals surface area contributed by atoms with E-state index >= 15 is 0 Å². The zero-order valence-corrected chi connectivity index (χ0v) is 71.7. The lowest BCUT2D eigenvalue weighted by molar-refractivity contribution is -0.133. The van der Waals surface area contributed by atoms with Gasteiger partial charge in [-0.1, -0.05) is 260 Å². The maximum absolute atomic E-state index is 14.5. The van der Waals surface area contributed by atoms with Crippen LogP contribution in [-0.2, 0) is 33.6 Å². The van der Waals surface area contributed by atoms with Crippen LogP contribution in [0.2, 0.25) is 0 Å². The molecule has 0 aromatic rings. The summed E-state index contributed by atoms with van der Waals surface area (Å²) in [6.45, 7) is 9.29. The SMILES string of the molecule is CCCCC/C=C\C/C=C\CCCCCCC/C=N/NC(=O)CC[C@H](NC(=O)CC[C@H](NC(=O)[C@@H](N)CCCCN)C(=O)N[C@@H](CCC(=O)N/N=C/CCCCCCC/C=C\C/C=C\CCCCC)C(=O)N/N=C/CCCCCCC/C=C\C/C=C\CCCCC)C(=O)N/N=C/CCCCCCC/C=C\C/C=C\CCCCC. The van der Waals surface area contributed by atoms with E-state index in [1.165, 1.54) is 77.0 Å². The third kappa shape index (κ3) is 75.9. The van der Waals surface area contributed by atoms with Crippen molar-refractivity contribution >= 4 is 66.2 Å². The van der Waals surface area contributed by atoms with Gasteiger partial charge in [-0.15, -0.1) is 0 Å². The van der Waals surface area contributed by atoms with Crippen molar-refractivity contribution in [3.05, 3.63) is 97.2 Å². The quantitative estimate of drug-likeness (QED) is 0.0121. The zero-order valence-electron chi connectivity index (χ0n) is 71.7. The number of hydrogen-bond donors (Lipinski definition) is 9. The van der Waals surface area contributed by atoms with Crippen LogP contribution in [0.25, 0.3) is 0 Å². The van der Waals surface area contributed by atoms with E-state index in [1.54, 1.807) is 24.9 Å². The molecule has 20 nitrogen and oxygen atoms in total. The van der Waals surface area contributed by atoms with E-state index in [0.29, 0.717) is 45.1 Å². The molecule has 20 heteroatoms. The number of carbonyl (C=O) groups is 7. The van der Waals surface area contributed by atoms with E-state index < -0.39 is 65.5 Å². The van der Waals surface area contributed by atoms with E-state index in [4.69, 9.17) is 11.5 Å². The highest BCUT2D eigenvalue weighted by Gasteiger charge is 2.30. The fraction of sp³-hybridized carbons (Fsp3) is 0.710. The monoisotopic (exact) mass is 1570 g/mol. The van der Waals surface area contributed by atoms with Gasteiger partial charge in [0, 0.05) is 44.1 Å². The Kier molecular flexibility index (Phi) is 80.2. The lowest BCUT2D eigenvalue weighted by Crippen LogP contribution is -2.56. The fourth-order valence-electron chi connectivity index (χ4n) is 12.3. The third-order valence-electron chi connectivity index (χ3n) is 19.4. The Morgan fingerprint density at radius 1 is 0.257 bits per heavy atom. The lowest BCUT2D eigenvalue weighted by Gasteiger charge is -2.24. The van der Waals surface area contributed by atoms with Crippen LogP contribution in [0.4, 0.5) is 0 Å². The number of nitrogens with zero attached hydrogens (tertiary/aromatic N) is 4. The van der Waals surface area contributed by atoms with Gasteiger partial charge >= 0.3 is 0 Å². The molecule has 0 aliphatic rings. The number of nitrogens with two attached hydrogens (primary N) is 2. The Morgan fingerprint density at radius 3 is 0.805 bits per heavy atom. The summed E-state index contributed by atoms with van der Waals surface area (Å²) >= 11 is 0. The highest BCUT2D eigenvalue weighted by atomic mass is 16.2. The summed E-state index contributed by atoms with van der Waals surface area (Å²) in [5.41, 5.74) is 22.3. The summed E-state index contributed by atoms with van der Waals surface area (Å²) in [4.78, 5) is 96.7. The van der Waals surface area contributed by atoms with Gasteiger partial charge in [0.25, 0.3) is 11.8 Å². The number of unbranched alkanes of at least 4 members (excludes halogenated alkanes) is 37. The van der Waals surface area contributed by atoms with Crippen LogP contribution in [0.5, 0.6) is 0 Å². The molecule has 0 bridgehead atoms. The molecular formula is C93H163N13O7. The van der Waals surface area contributed by atoms with Crippen LogP contribution in [0.3, 0.4) is 0 Å². The molecule has 0 heterocycles. The minimum absolute atomic E-state index is 0.104. The topological polar surface area (TPSA) is 305 Å². The van der Waals surface area contributed by atoms with Gasteiger partial charge in [-0.25, -0.2) is 21.7 Å². The molecule has 0 aromatic carbocycles. The van der Waals surface area contributed by atoms with Crippen molar-refractivity contribution in [1.29, 1.82) is 0 Å². The minimum atomic E-state index is -1.40. The van der Waals surface area contributed by atoms with E-state index in [9.17, 15) is 33.6 Å². The first-order valence-corrected chi connectivity index (χ1v) is 45.2. The van der Waals surface area contributed by atoms with Crippen molar-refractivity contribution in [3.8, 4) is 0 Å². The molecule has 4 atom stereocenters. The standard InChI is InChI=1S/C93H163N13O7/c1-5-9-13-17-21-25-29-33-37-41-45-49-53-57-61-67-79-96-103-88(108)76-73-85(92(112)105-98-81-69-63-59-55-51-47-43-39-35-31-27-23-19-15-11-7-3)100-87(107)75-72-84(101-90(110)83(95)71-65-66-78-94)91(111)102-86(93(113)106-99-82-70-64-60-56-52-48-44-40-36-32-28-24-20-16-12-8-4)74-77-89(109)104-97-80-68-62-58-54-50-46-42-38-34-30-26-22-18-14-10-6-2/h21-28,33-40,79-86H,5-20,29-32,41-78,94-95H2,1-4H3,(H,100,107)(H,101,110)(H,102,111)(H,103,108)(H,104,109)(H,105,112)(H,106,113)/b25-21-,26-22-,27-23-,28-24-,37-33-,38-34-,39-35-,40-36-,96-79+,97-80+,98-81+,99-82+/t83-,84-,85-,86-/m0/s1. The summed E-state index contributed by atoms with van der Waals surface area (Å²) in [6, 6.07) is -4.96. The van der Waals surface area contributed by atoms with Gasteiger partial charge < -0.3 is 27.4 Å². The summed E-state index contributed by atoms with van der Waals surface area (Å²) < 4.78 is 0. The Hall–Kier alpha value is -7.19. The molecule has 0 aliphatic heterocycles. The van der Waals surface area contributed by atoms with Gasteiger partial charge in [0.2, 0.25) is 29.5 Å². The average molecular weight is 1580 g/mol. The molecule has 11 N–H and O–H groups in total. The predicted molar refractivity (Wildman–Crippen MR) is 478 cm³/mol. The van der Waals surface area contributed by atoms with Crippen molar-refractivity contribution in [2.45, 2.75) is 418 Å². The molecule has 0 saturated carbocycles. The Bertz CT molecular complexity index is 2700. The van der Waals surface area contributed by atoms with E-state index in [2.05, 4.69) is 183 Å². The second kappa shape index (κ2) is 85.7. The highest BCUT2D eigenvalue weighted by molar-refractivity contribution is 5.94. The highest BCUT2D eigenvalue weighted by Crippen LogP contribution is 2.15. The molecular weight excluding hydrogens is 1410 g/mol. The van der Waals surface area contributed by atoms with Crippen molar-refractivity contribution in [2.75, 3.05) is 6.54 Å². The molecule has 0 aliphatic carbocycles. The maximum Gasteiger partial charge on any atom is 0.262 e. The van der Waals surface area contributed by atoms with Crippen molar-refractivity contribution < 1.29 is 33.6 Å². The minimum Gasteiger partial charge on any atom is -0.344 e. The van der Waals surface area contributed by atoms with Crippen LogP contribution in [0.1, 0.15) is 394 Å². The number of rotatable bonds is 80. The molecule has 0 aromatic heterocycles. The number of hydrazone groups is 4. The van der Waals surface area contributed by atoms with Gasteiger partial charge in [0.15, 0.2) is 0 Å². The van der Waals surface area contributed by atoms with Crippen molar-refractivity contribution in [2.24, 2.45) is 31.9 Å². The lowest BCUT2D eigenvalue weighted by atomic mass is 10.0. The molecule has 7 amide bonds. The normalized spacial score (nSPS) is 13.4. The molecule has 0 spiro atoms. The van der Waals surface area contributed by atoms with Crippen LogP contribution >= 0.6 is 0 Å². The Morgan fingerprint density at radius 2 is 0.504 bits per heavy atom. The first-order chi connectivity index (χ1) is 55.4. The zero-order chi connectivity index (χ0) is 82.3. The fourth-order valence-corrected chi connectivity index (χ4v) is 12.3. The summed E-state index contributed by atoms with van der Waals surface area (Å²) in [7, 11) is 0. The largest absolute Gasteiger partial charge is 0.344 e. The van der Waals surface area contributed by atoms with Gasteiger partial charge in [-0.05, 0) is 218 Å². The Balaban J connectivity index is 6.24. The molecule has 0 fully saturated rings. The first-order valence-electron chi connectivity index (χ1n) is 45.2. The second-order valence-electron chi connectivity index (χ2n) is 30.1. The number of amides is 7. The summed E-state index contributed by atoms with van der Waals surface area (Å²) in [5.74, 6) is -4.39. The van der Waals surface area contributed by atoms with Crippen LogP contribution < -0.4 is 49.1 Å². The number of hydrogen-bond acceptors (Lipinski definition) is 13. The van der Waals surface area contributed by atoms with Crippen LogP contribution in [0, 0.1) is 0 Å². The first kappa shape index (κ1) is 106. The number of allylic oxidation sites excluding steroid dienone is 16. The van der Waals surface area contributed by atoms with Gasteiger partial charge in [-0.2, -0.15) is 20.4 Å². The number of nitrogens with one attached hydrogen (secondary N) is 7. The number of carbonyl (C=O) groups excluding carboxylic acids is 7. The molecule has 0 rings (SSSR count). The predicted octanol–water partition coefficient (Wildman–Crippen LogP) is 20.9. The maximum atomic E-state index is 14.5. The Labute approximate surface area is 687 Å². The molecule has 0 radical (unpaired) electrons. The molecule has 0 unspecified atom stereocenters. The average Bonchev–Trinajstić information content (AvgIpc) is 0.875. The van der Waals surface area contributed by atoms with Gasteiger partial charge in [0.1, 0.15) is 18.1 Å². The smallest absolute Gasteiger partial charge is 0.262 e. The van der Waals surface area contributed by atoms with Gasteiger partial charge in [0.05, 0.1) is 6.04 Å².